The maximum atomic E-state index is 13.2. The molecule has 0 aromatic heterocycles. The van der Waals surface area contributed by atoms with Crippen molar-refractivity contribution in [3.05, 3.63) is 95.1 Å². The number of ether oxygens (including phenoxy) is 1. The minimum Gasteiger partial charge on any atom is -0.452 e. The van der Waals surface area contributed by atoms with Crippen molar-refractivity contribution in [3.63, 3.8) is 0 Å². The molecule has 0 aliphatic carbocycles. The molecule has 0 spiro atoms. The zero-order valence-electron chi connectivity index (χ0n) is 18.2. The topological polar surface area (TPSA) is 92.8 Å². The van der Waals surface area contributed by atoms with Crippen LogP contribution in [0.1, 0.15) is 27.0 Å². The van der Waals surface area contributed by atoms with Gasteiger partial charge in [0.25, 0.3) is 15.9 Å². The standard InChI is InChI=1S/C25H24N2O5S/c1-18-9-11-19(12-10-18)16-26-24(28)17-32-25(29)21-6-4-7-22(15-21)33(30,31)27-14-13-20-5-2-3-8-23(20)27/h2-12,15H,13-14,16-17H2,1H3,(H,26,28). The number of esters is 1. The van der Waals surface area contributed by atoms with Gasteiger partial charge in [-0.15, -0.1) is 0 Å². The Kier molecular flexibility index (Phi) is 6.46. The summed E-state index contributed by atoms with van der Waals surface area (Å²) in [6.45, 7) is 2.19. The third-order valence-corrected chi connectivity index (χ3v) is 7.26. The molecule has 3 aromatic rings. The maximum Gasteiger partial charge on any atom is 0.338 e. The molecule has 0 fully saturated rings. The fourth-order valence-corrected chi connectivity index (χ4v) is 5.19. The lowest BCUT2D eigenvalue weighted by atomic mass is 10.1. The van der Waals surface area contributed by atoms with Gasteiger partial charge in [0.15, 0.2) is 6.61 Å². The lowest BCUT2D eigenvalue weighted by Crippen LogP contribution is -2.29. The molecule has 7 nitrogen and oxygen atoms in total. The number of carbonyl (C=O) groups excluding carboxylic acids is 2. The molecule has 1 amide bonds. The Balaban J connectivity index is 1.38. The number of para-hydroxylation sites is 1. The second kappa shape index (κ2) is 9.46. The first-order valence-electron chi connectivity index (χ1n) is 10.5. The van der Waals surface area contributed by atoms with Gasteiger partial charge >= 0.3 is 5.97 Å². The summed E-state index contributed by atoms with van der Waals surface area (Å²) < 4.78 is 32.8. The van der Waals surface area contributed by atoms with Gasteiger partial charge in [-0.1, -0.05) is 54.1 Å². The molecule has 1 heterocycles. The van der Waals surface area contributed by atoms with Gasteiger partial charge in [0.2, 0.25) is 0 Å². The van der Waals surface area contributed by atoms with Crippen LogP contribution in [0.25, 0.3) is 0 Å². The van der Waals surface area contributed by atoms with E-state index in [1.807, 2.05) is 43.3 Å². The number of nitrogens with zero attached hydrogens (tertiary/aromatic N) is 1. The van der Waals surface area contributed by atoms with Crippen LogP contribution in [0.4, 0.5) is 5.69 Å². The molecule has 0 unspecified atom stereocenters. The fourth-order valence-electron chi connectivity index (χ4n) is 3.64. The van der Waals surface area contributed by atoms with Crippen LogP contribution in [0, 0.1) is 6.92 Å². The molecule has 3 aromatic carbocycles. The normalized spacial score (nSPS) is 12.8. The molecule has 0 saturated carbocycles. The molecule has 33 heavy (non-hydrogen) atoms. The van der Waals surface area contributed by atoms with E-state index in [1.165, 1.54) is 28.6 Å². The largest absolute Gasteiger partial charge is 0.452 e. The number of benzene rings is 3. The zero-order valence-corrected chi connectivity index (χ0v) is 19.0. The molecular formula is C25H24N2O5S. The highest BCUT2D eigenvalue weighted by atomic mass is 32.2. The van der Waals surface area contributed by atoms with Crippen molar-refractivity contribution < 1.29 is 22.7 Å². The lowest BCUT2D eigenvalue weighted by Gasteiger charge is -2.19. The Morgan fingerprint density at radius 2 is 1.76 bits per heavy atom. The number of aryl methyl sites for hydroxylation is 1. The van der Waals surface area contributed by atoms with E-state index in [2.05, 4.69) is 5.32 Å². The summed E-state index contributed by atoms with van der Waals surface area (Å²) >= 11 is 0. The van der Waals surface area contributed by atoms with E-state index in [-0.39, 0.29) is 10.5 Å². The Bertz CT molecular complexity index is 1290. The summed E-state index contributed by atoms with van der Waals surface area (Å²) in [6.07, 6.45) is 0.634. The highest BCUT2D eigenvalue weighted by molar-refractivity contribution is 7.92. The first-order valence-corrected chi connectivity index (χ1v) is 12.0. The molecule has 1 aliphatic heterocycles. The minimum atomic E-state index is -3.84. The highest BCUT2D eigenvalue weighted by Crippen LogP contribution is 2.32. The number of rotatable bonds is 7. The Morgan fingerprint density at radius 3 is 2.55 bits per heavy atom. The molecule has 0 saturated heterocycles. The second-order valence-electron chi connectivity index (χ2n) is 7.82. The Hall–Kier alpha value is -3.65. The van der Waals surface area contributed by atoms with Gasteiger partial charge in [0.05, 0.1) is 16.1 Å². The zero-order chi connectivity index (χ0) is 23.4. The van der Waals surface area contributed by atoms with Crippen LogP contribution in [0.15, 0.2) is 77.7 Å². The van der Waals surface area contributed by atoms with Crippen LogP contribution in [0.5, 0.6) is 0 Å². The number of carbonyl (C=O) groups is 2. The third kappa shape index (κ3) is 5.06. The van der Waals surface area contributed by atoms with Crippen molar-refractivity contribution >= 4 is 27.6 Å². The minimum absolute atomic E-state index is 0.00234. The van der Waals surface area contributed by atoms with Crippen molar-refractivity contribution in [1.82, 2.24) is 5.32 Å². The second-order valence-corrected chi connectivity index (χ2v) is 9.68. The summed E-state index contributed by atoms with van der Waals surface area (Å²) in [5, 5.41) is 2.69. The van der Waals surface area contributed by atoms with Crippen LogP contribution in [-0.4, -0.2) is 33.4 Å². The predicted molar refractivity (Wildman–Crippen MR) is 124 cm³/mol. The van der Waals surface area contributed by atoms with Gasteiger partial charge in [-0.25, -0.2) is 13.2 Å². The lowest BCUT2D eigenvalue weighted by molar-refractivity contribution is -0.124. The van der Waals surface area contributed by atoms with Crippen molar-refractivity contribution in [2.45, 2.75) is 24.8 Å². The smallest absolute Gasteiger partial charge is 0.338 e. The molecule has 0 atom stereocenters. The number of amides is 1. The van der Waals surface area contributed by atoms with Gasteiger partial charge < -0.3 is 10.1 Å². The number of hydrogen-bond donors (Lipinski definition) is 1. The van der Waals surface area contributed by atoms with Crippen LogP contribution < -0.4 is 9.62 Å². The van der Waals surface area contributed by atoms with E-state index >= 15 is 0 Å². The number of hydrogen-bond acceptors (Lipinski definition) is 5. The van der Waals surface area contributed by atoms with Crippen LogP contribution in [0.2, 0.25) is 0 Å². The molecule has 1 N–H and O–H groups in total. The molecule has 0 bridgehead atoms. The number of anilines is 1. The monoisotopic (exact) mass is 464 g/mol. The Morgan fingerprint density at radius 1 is 1.00 bits per heavy atom. The number of sulfonamides is 1. The summed E-state index contributed by atoms with van der Waals surface area (Å²) in [5.74, 6) is -1.21. The molecule has 4 rings (SSSR count). The fraction of sp³-hybridized carbons (Fsp3) is 0.200. The molecule has 1 aliphatic rings. The molecular weight excluding hydrogens is 440 g/mol. The molecule has 0 radical (unpaired) electrons. The van der Waals surface area contributed by atoms with Crippen LogP contribution in [-0.2, 0) is 32.5 Å². The quantitative estimate of drug-likeness (QED) is 0.542. The van der Waals surface area contributed by atoms with Gasteiger partial charge in [0, 0.05) is 13.1 Å². The summed E-state index contributed by atoms with van der Waals surface area (Å²) in [6, 6.07) is 20.7. The maximum absolute atomic E-state index is 13.2. The first-order chi connectivity index (χ1) is 15.8. The van der Waals surface area contributed by atoms with Crippen molar-refractivity contribution in [2.75, 3.05) is 17.5 Å². The summed E-state index contributed by atoms with van der Waals surface area (Å²) in [4.78, 5) is 24.5. The van der Waals surface area contributed by atoms with Crippen LogP contribution >= 0.6 is 0 Å². The summed E-state index contributed by atoms with van der Waals surface area (Å²) in [5.41, 5.74) is 3.73. The van der Waals surface area contributed by atoms with E-state index in [1.54, 1.807) is 12.1 Å². The molecule has 170 valence electrons. The highest BCUT2D eigenvalue weighted by Gasteiger charge is 2.31. The predicted octanol–water partition coefficient (Wildman–Crippen LogP) is 3.22. The van der Waals surface area contributed by atoms with Gasteiger partial charge in [-0.2, -0.15) is 0 Å². The SMILES string of the molecule is Cc1ccc(CNC(=O)COC(=O)c2cccc(S(=O)(=O)N3CCc4ccccc43)c2)cc1. The van der Waals surface area contributed by atoms with Gasteiger partial charge in [-0.3, -0.25) is 9.10 Å². The van der Waals surface area contributed by atoms with E-state index in [0.29, 0.717) is 25.2 Å². The molecule has 8 heteroatoms. The van der Waals surface area contributed by atoms with E-state index < -0.39 is 28.5 Å². The Labute approximate surface area is 193 Å². The van der Waals surface area contributed by atoms with Gasteiger partial charge in [-0.05, 0) is 48.7 Å². The summed E-state index contributed by atoms with van der Waals surface area (Å²) in [7, 11) is -3.84. The van der Waals surface area contributed by atoms with Crippen molar-refractivity contribution in [3.8, 4) is 0 Å². The average Bonchev–Trinajstić information content (AvgIpc) is 3.27. The van der Waals surface area contributed by atoms with Crippen molar-refractivity contribution in [2.24, 2.45) is 0 Å². The van der Waals surface area contributed by atoms with E-state index in [0.717, 1.165) is 16.7 Å². The van der Waals surface area contributed by atoms with Gasteiger partial charge in [0.1, 0.15) is 0 Å². The third-order valence-electron chi connectivity index (χ3n) is 5.45. The first kappa shape index (κ1) is 22.5. The number of fused-ring (bicyclic) bond motifs is 1. The van der Waals surface area contributed by atoms with E-state index in [4.69, 9.17) is 4.74 Å². The van der Waals surface area contributed by atoms with E-state index in [9.17, 15) is 18.0 Å². The number of nitrogens with one attached hydrogen (secondary N) is 1. The average molecular weight is 465 g/mol. The van der Waals surface area contributed by atoms with Crippen molar-refractivity contribution in [1.29, 1.82) is 0 Å². The van der Waals surface area contributed by atoms with Crippen LogP contribution in [0.3, 0.4) is 0 Å².